The SMILES string of the molecule is CCC(C=C1SCCN1C)=C1SC(=S)N(CC(=O)O)C1=O. The van der Waals surface area contributed by atoms with Gasteiger partial charge in [-0.05, 0) is 18.1 Å². The van der Waals surface area contributed by atoms with E-state index in [4.69, 9.17) is 17.3 Å². The van der Waals surface area contributed by atoms with Crippen LogP contribution in [0.5, 0.6) is 0 Å². The molecule has 0 aromatic carbocycles. The molecule has 2 rings (SSSR count). The summed E-state index contributed by atoms with van der Waals surface area (Å²) in [4.78, 5) is 27.0. The Kier molecular flexibility index (Phi) is 5.34. The molecule has 2 aliphatic rings. The van der Waals surface area contributed by atoms with Gasteiger partial charge in [0.1, 0.15) is 10.9 Å². The Hall–Kier alpha value is -0.990. The zero-order chi connectivity index (χ0) is 15.6. The van der Waals surface area contributed by atoms with E-state index in [1.54, 1.807) is 11.8 Å². The quantitative estimate of drug-likeness (QED) is 0.619. The minimum absolute atomic E-state index is 0.299. The van der Waals surface area contributed by atoms with Crippen LogP contribution < -0.4 is 0 Å². The van der Waals surface area contributed by atoms with Crippen LogP contribution in [0.25, 0.3) is 0 Å². The van der Waals surface area contributed by atoms with Crippen molar-refractivity contribution in [3.8, 4) is 0 Å². The number of carbonyl (C=O) groups excluding carboxylic acids is 1. The summed E-state index contributed by atoms with van der Waals surface area (Å²) in [5, 5.41) is 9.99. The van der Waals surface area contributed by atoms with E-state index >= 15 is 0 Å². The second kappa shape index (κ2) is 6.85. The van der Waals surface area contributed by atoms with Crippen molar-refractivity contribution < 1.29 is 14.7 Å². The number of carbonyl (C=O) groups is 2. The van der Waals surface area contributed by atoms with Crippen LogP contribution in [-0.2, 0) is 9.59 Å². The number of carboxylic acids is 1. The maximum absolute atomic E-state index is 12.4. The predicted octanol–water partition coefficient (Wildman–Crippen LogP) is 2.12. The van der Waals surface area contributed by atoms with Gasteiger partial charge in [0.25, 0.3) is 5.91 Å². The van der Waals surface area contributed by atoms with Crippen LogP contribution in [0.1, 0.15) is 13.3 Å². The molecule has 5 nitrogen and oxygen atoms in total. The van der Waals surface area contributed by atoms with Gasteiger partial charge in [-0.1, -0.05) is 30.9 Å². The van der Waals surface area contributed by atoms with Gasteiger partial charge in [-0.2, -0.15) is 0 Å². The number of nitrogens with zero attached hydrogens (tertiary/aromatic N) is 2. The van der Waals surface area contributed by atoms with E-state index in [1.807, 2.05) is 20.0 Å². The molecule has 0 aromatic heterocycles. The van der Waals surface area contributed by atoms with Gasteiger partial charge in [-0.3, -0.25) is 14.5 Å². The van der Waals surface area contributed by atoms with Crippen LogP contribution >= 0.6 is 35.7 Å². The summed E-state index contributed by atoms with van der Waals surface area (Å²) >= 11 is 8.07. The van der Waals surface area contributed by atoms with Crippen molar-refractivity contribution >= 4 is 51.9 Å². The van der Waals surface area contributed by atoms with Gasteiger partial charge < -0.3 is 10.0 Å². The minimum Gasteiger partial charge on any atom is -0.480 e. The molecule has 2 aliphatic heterocycles. The van der Waals surface area contributed by atoms with Crippen molar-refractivity contribution in [1.29, 1.82) is 0 Å². The molecule has 1 amide bonds. The van der Waals surface area contributed by atoms with E-state index < -0.39 is 5.97 Å². The number of amides is 1. The van der Waals surface area contributed by atoms with E-state index in [9.17, 15) is 9.59 Å². The molecule has 0 aliphatic carbocycles. The summed E-state index contributed by atoms with van der Waals surface area (Å²) in [6.07, 6.45) is 2.72. The largest absolute Gasteiger partial charge is 0.480 e. The third kappa shape index (κ3) is 3.61. The fourth-order valence-corrected chi connectivity index (χ4v) is 4.48. The number of carboxylic acid groups (broad SMARTS) is 1. The van der Waals surface area contributed by atoms with E-state index in [0.29, 0.717) is 15.6 Å². The molecule has 8 heteroatoms. The lowest BCUT2D eigenvalue weighted by Crippen LogP contribution is -2.33. The number of hydrogen-bond acceptors (Lipinski definition) is 6. The van der Waals surface area contributed by atoms with Gasteiger partial charge in [0.15, 0.2) is 0 Å². The highest BCUT2D eigenvalue weighted by Gasteiger charge is 2.35. The Morgan fingerprint density at radius 2 is 2.24 bits per heavy atom. The Morgan fingerprint density at radius 1 is 1.52 bits per heavy atom. The van der Waals surface area contributed by atoms with Crippen molar-refractivity contribution in [2.75, 3.05) is 25.9 Å². The molecule has 0 spiro atoms. The zero-order valence-corrected chi connectivity index (χ0v) is 14.2. The molecule has 0 bridgehead atoms. The molecular formula is C13H16N2O3S3. The molecule has 2 heterocycles. The van der Waals surface area contributed by atoms with E-state index in [1.165, 1.54) is 11.8 Å². The van der Waals surface area contributed by atoms with Crippen LogP contribution in [0.3, 0.4) is 0 Å². The van der Waals surface area contributed by atoms with E-state index in [0.717, 1.165) is 27.8 Å². The second-order valence-corrected chi connectivity index (χ2v) is 7.37. The second-order valence-electron chi connectivity index (χ2n) is 4.61. The standard InChI is InChI=1S/C13H16N2O3S3/c1-3-8(6-9-14(2)4-5-20-9)11-12(18)15(7-10(16)17)13(19)21-11/h6H,3-5,7H2,1-2H3,(H,16,17). The normalized spacial score (nSPS) is 23.4. The van der Waals surface area contributed by atoms with Crippen molar-refractivity contribution in [3.63, 3.8) is 0 Å². The summed E-state index contributed by atoms with van der Waals surface area (Å²) < 4.78 is 0.314. The topological polar surface area (TPSA) is 60.9 Å². The Morgan fingerprint density at radius 3 is 2.76 bits per heavy atom. The predicted molar refractivity (Wildman–Crippen MR) is 90.0 cm³/mol. The minimum atomic E-state index is -1.06. The molecule has 0 atom stereocenters. The third-order valence-electron chi connectivity index (χ3n) is 3.17. The van der Waals surface area contributed by atoms with E-state index in [-0.39, 0.29) is 12.5 Å². The van der Waals surface area contributed by atoms with Gasteiger partial charge in [0.2, 0.25) is 0 Å². The lowest BCUT2D eigenvalue weighted by molar-refractivity contribution is -0.140. The average Bonchev–Trinajstić information content (AvgIpc) is 2.94. The van der Waals surface area contributed by atoms with Gasteiger partial charge in [0.05, 0.1) is 9.93 Å². The summed E-state index contributed by atoms with van der Waals surface area (Å²) in [6, 6.07) is 0. The van der Waals surface area contributed by atoms with Gasteiger partial charge in [0, 0.05) is 19.3 Å². The smallest absolute Gasteiger partial charge is 0.323 e. The summed E-state index contributed by atoms with van der Waals surface area (Å²) in [5.74, 6) is -0.318. The Labute approximate surface area is 137 Å². The maximum Gasteiger partial charge on any atom is 0.323 e. The molecule has 0 aromatic rings. The lowest BCUT2D eigenvalue weighted by Gasteiger charge is -2.13. The average molecular weight is 344 g/mol. The van der Waals surface area contributed by atoms with Gasteiger partial charge in [-0.25, -0.2) is 0 Å². The maximum atomic E-state index is 12.4. The number of thioether (sulfide) groups is 2. The van der Waals surface area contributed by atoms with Crippen LogP contribution in [0, 0.1) is 0 Å². The fourth-order valence-electron chi connectivity index (χ4n) is 2.00. The summed E-state index contributed by atoms with van der Waals surface area (Å²) in [5.41, 5.74) is 0.913. The highest BCUT2D eigenvalue weighted by molar-refractivity contribution is 8.26. The lowest BCUT2D eigenvalue weighted by atomic mass is 10.1. The van der Waals surface area contributed by atoms with Crippen LogP contribution in [0.2, 0.25) is 0 Å². The number of allylic oxidation sites excluding steroid dienone is 2. The molecule has 2 saturated heterocycles. The van der Waals surface area contributed by atoms with Gasteiger partial charge >= 0.3 is 5.97 Å². The van der Waals surface area contributed by atoms with Crippen molar-refractivity contribution in [2.45, 2.75) is 13.3 Å². The number of aliphatic carboxylic acids is 1. The molecule has 0 radical (unpaired) electrons. The first-order valence-electron chi connectivity index (χ1n) is 6.48. The Bertz CT molecular complexity index is 557. The number of rotatable bonds is 4. The monoisotopic (exact) mass is 344 g/mol. The molecule has 21 heavy (non-hydrogen) atoms. The number of thiocarbonyl (C=S) groups is 1. The Balaban J connectivity index is 2.30. The first-order chi connectivity index (χ1) is 9.93. The first-order valence-corrected chi connectivity index (χ1v) is 8.69. The van der Waals surface area contributed by atoms with Crippen LogP contribution in [0.4, 0.5) is 0 Å². The summed E-state index contributed by atoms with van der Waals surface area (Å²) in [6.45, 7) is 2.60. The van der Waals surface area contributed by atoms with Crippen LogP contribution in [-0.4, -0.2) is 57.0 Å². The van der Waals surface area contributed by atoms with Crippen molar-refractivity contribution in [2.24, 2.45) is 0 Å². The number of hydrogen-bond donors (Lipinski definition) is 1. The highest BCUT2D eigenvalue weighted by atomic mass is 32.2. The molecule has 0 saturated carbocycles. The van der Waals surface area contributed by atoms with Crippen molar-refractivity contribution in [3.05, 3.63) is 21.6 Å². The summed E-state index contributed by atoms with van der Waals surface area (Å²) in [7, 11) is 2.02. The zero-order valence-electron chi connectivity index (χ0n) is 11.8. The first kappa shape index (κ1) is 16.4. The molecule has 2 fully saturated rings. The molecular weight excluding hydrogens is 328 g/mol. The fraction of sp³-hybridized carbons (Fsp3) is 0.462. The van der Waals surface area contributed by atoms with E-state index in [2.05, 4.69) is 4.90 Å². The molecule has 114 valence electrons. The third-order valence-corrected chi connectivity index (χ3v) is 5.78. The van der Waals surface area contributed by atoms with Gasteiger partial charge in [-0.15, -0.1) is 11.8 Å². The molecule has 1 N–H and O–H groups in total. The van der Waals surface area contributed by atoms with Crippen LogP contribution in [0.15, 0.2) is 21.6 Å². The van der Waals surface area contributed by atoms with Crippen molar-refractivity contribution in [1.82, 2.24) is 9.80 Å². The molecule has 0 unspecified atom stereocenters. The highest BCUT2D eigenvalue weighted by Crippen LogP contribution is 2.36.